The van der Waals surface area contributed by atoms with Gasteiger partial charge in [-0.1, -0.05) is 25.8 Å². The second kappa shape index (κ2) is 7.69. The van der Waals surface area contributed by atoms with Gasteiger partial charge >= 0.3 is 0 Å². The predicted molar refractivity (Wildman–Crippen MR) is 87.3 cm³/mol. The molecule has 118 valence electrons. The van der Waals surface area contributed by atoms with Crippen LogP contribution >= 0.6 is 0 Å². The summed E-state index contributed by atoms with van der Waals surface area (Å²) in [6, 6.07) is 6.13. The average Bonchev–Trinajstić information content (AvgIpc) is 2.54. The van der Waals surface area contributed by atoms with Gasteiger partial charge in [-0.3, -0.25) is 0 Å². The molecule has 1 aromatic rings. The number of nitrogens with one attached hydrogen (secondary N) is 1. The molecule has 3 atom stereocenters. The molecule has 1 N–H and O–H groups in total. The number of rotatable bonds is 6. The highest BCUT2D eigenvalue weighted by Gasteiger charge is 2.34. The Morgan fingerprint density at radius 1 is 1.14 bits per heavy atom. The number of hydrogen-bond acceptors (Lipinski definition) is 3. The minimum Gasteiger partial charge on any atom is -0.496 e. The van der Waals surface area contributed by atoms with Crippen LogP contribution in [0.5, 0.6) is 11.5 Å². The monoisotopic (exact) mass is 291 g/mol. The van der Waals surface area contributed by atoms with Crippen molar-refractivity contribution in [2.45, 2.75) is 38.5 Å². The first-order valence-electron chi connectivity index (χ1n) is 8.10. The van der Waals surface area contributed by atoms with Gasteiger partial charge in [-0.05, 0) is 56.3 Å². The highest BCUT2D eigenvalue weighted by atomic mass is 16.5. The van der Waals surface area contributed by atoms with E-state index in [1.54, 1.807) is 14.2 Å². The van der Waals surface area contributed by atoms with E-state index in [-0.39, 0.29) is 0 Å². The molecule has 0 amide bonds. The van der Waals surface area contributed by atoms with Crippen LogP contribution in [-0.4, -0.2) is 27.8 Å². The summed E-state index contributed by atoms with van der Waals surface area (Å²) >= 11 is 0. The fraction of sp³-hybridized carbons (Fsp3) is 0.667. The van der Waals surface area contributed by atoms with Gasteiger partial charge in [0.25, 0.3) is 0 Å². The topological polar surface area (TPSA) is 30.5 Å². The molecule has 2 rings (SSSR count). The molecular weight excluding hydrogens is 262 g/mol. The van der Waals surface area contributed by atoms with Crippen LogP contribution in [0.1, 0.15) is 44.1 Å². The Balaban J connectivity index is 2.38. The van der Waals surface area contributed by atoms with E-state index in [9.17, 15) is 0 Å². The molecule has 0 heterocycles. The zero-order valence-electron chi connectivity index (χ0n) is 13.8. The van der Waals surface area contributed by atoms with Crippen LogP contribution in [0.4, 0.5) is 0 Å². The summed E-state index contributed by atoms with van der Waals surface area (Å²) in [5.74, 6) is 3.93. The normalized spacial score (nSPS) is 25.6. The molecule has 1 aromatic carbocycles. The van der Waals surface area contributed by atoms with Crippen molar-refractivity contribution in [2.75, 3.05) is 27.8 Å². The third-order valence-corrected chi connectivity index (χ3v) is 4.98. The van der Waals surface area contributed by atoms with Gasteiger partial charge in [0.2, 0.25) is 0 Å². The summed E-state index contributed by atoms with van der Waals surface area (Å²) < 4.78 is 11.3. The maximum absolute atomic E-state index is 5.64. The summed E-state index contributed by atoms with van der Waals surface area (Å²) in [5, 5.41) is 3.36. The molecule has 3 nitrogen and oxygen atoms in total. The predicted octanol–water partition coefficient (Wildman–Crippen LogP) is 3.83. The maximum Gasteiger partial charge on any atom is 0.126 e. The third-order valence-electron chi connectivity index (χ3n) is 4.98. The van der Waals surface area contributed by atoms with E-state index in [1.807, 2.05) is 13.1 Å². The lowest BCUT2D eigenvalue weighted by Crippen LogP contribution is -2.31. The lowest BCUT2D eigenvalue weighted by Gasteiger charge is -2.37. The van der Waals surface area contributed by atoms with Gasteiger partial charge in [-0.2, -0.15) is 0 Å². The fourth-order valence-electron chi connectivity index (χ4n) is 3.80. The standard InChI is InChI=1S/C18H29NO2/c1-5-13-9-10-14(12-19-2)15(11-13)18-16(20-3)7-6-8-17(18)21-4/h6-8,13-15,19H,5,9-12H2,1-4H3. The number of methoxy groups -OCH3 is 2. The van der Waals surface area contributed by atoms with Crippen molar-refractivity contribution in [2.24, 2.45) is 11.8 Å². The second-order valence-electron chi connectivity index (χ2n) is 6.09. The Kier molecular flexibility index (Phi) is 5.92. The molecule has 3 heteroatoms. The van der Waals surface area contributed by atoms with Gasteiger partial charge in [0, 0.05) is 5.56 Å². The molecule has 1 aliphatic carbocycles. The van der Waals surface area contributed by atoms with Crippen LogP contribution in [0.2, 0.25) is 0 Å². The molecule has 1 fully saturated rings. The Morgan fingerprint density at radius 2 is 1.81 bits per heavy atom. The Hall–Kier alpha value is -1.22. The van der Waals surface area contributed by atoms with Gasteiger partial charge < -0.3 is 14.8 Å². The van der Waals surface area contributed by atoms with Crippen molar-refractivity contribution in [3.05, 3.63) is 23.8 Å². The molecule has 3 unspecified atom stereocenters. The Bertz CT molecular complexity index is 425. The second-order valence-corrected chi connectivity index (χ2v) is 6.09. The van der Waals surface area contributed by atoms with E-state index >= 15 is 0 Å². The molecule has 0 aliphatic heterocycles. The van der Waals surface area contributed by atoms with Crippen molar-refractivity contribution >= 4 is 0 Å². The molecular formula is C18H29NO2. The van der Waals surface area contributed by atoms with E-state index in [4.69, 9.17) is 9.47 Å². The average molecular weight is 291 g/mol. The minimum atomic E-state index is 0.516. The van der Waals surface area contributed by atoms with Crippen LogP contribution in [0.3, 0.4) is 0 Å². The quantitative estimate of drug-likeness (QED) is 0.864. The van der Waals surface area contributed by atoms with Gasteiger partial charge in [0.15, 0.2) is 0 Å². The van der Waals surface area contributed by atoms with Crippen LogP contribution in [0.25, 0.3) is 0 Å². The van der Waals surface area contributed by atoms with Gasteiger partial charge in [-0.25, -0.2) is 0 Å². The molecule has 21 heavy (non-hydrogen) atoms. The van der Waals surface area contributed by atoms with Gasteiger partial charge in [0.1, 0.15) is 11.5 Å². The van der Waals surface area contributed by atoms with Crippen molar-refractivity contribution in [1.82, 2.24) is 5.32 Å². The molecule has 1 aliphatic rings. The number of benzene rings is 1. The first-order chi connectivity index (χ1) is 10.2. The number of hydrogen-bond donors (Lipinski definition) is 1. The lowest BCUT2D eigenvalue weighted by molar-refractivity contribution is 0.220. The van der Waals surface area contributed by atoms with E-state index < -0.39 is 0 Å². The number of ether oxygens (including phenoxy) is 2. The molecule has 1 saturated carbocycles. The zero-order chi connectivity index (χ0) is 15.2. The molecule has 0 aromatic heterocycles. The zero-order valence-corrected chi connectivity index (χ0v) is 13.8. The van der Waals surface area contributed by atoms with Crippen molar-refractivity contribution in [3.8, 4) is 11.5 Å². The van der Waals surface area contributed by atoms with E-state index in [0.717, 1.165) is 24.0 Å². The first-order valence-corrected chi connectivity index (χ1v) is 8.10. The summed E-state index contributed by atoms with van der Waals surface area (Å²) in [7, 11) is 5.55. The van der Waals surface area contributed by atoms with Crippen molar-refractivity contribution < 1.29 is 9.47 Å². The smallest absolute Gasteiger partial charge is 0.126 e. The van der Waals surface area contributed by atoms with Crippen molar-refractivity contribution in [1.29, 1.82) is 0 Å². The highest BCUT2D eigenvalue weighted by Crippen LogP contribution is 2.47. The molecule has 0 bridgehead atoms. The van der Waals surface area contributed by atoms with E-state index in [2.05, 4.69) is 24.4 Å². The SMILES string of the molecule is CCC1CCC(CNC)C(c2c(OC)cccc2OC)C1. The highest BCUT2D eigenvalue weighted by molar-refractivity contribution is 5.47. The van der Waals surface area contributed by atoms with Gasteiger partial charge in [0.05, 0.1) is 14.2 Å². The van der Waals surface area contributed by atoms with Crippen molar-refractivity contribution in [3.63, 3.8) is 0 Å². The first kappa shape index (κ1) is 16.2. The summed E-state index contributed by atoms with van der Waals surface area (Å²) in [6.45, 7) is 3.36. The lowest BCUT2D eigenvalue weighted by atomic mass is 9.70. The maximum atomic E-state index is 5.64. The third kappa shape index (κ3) is 3.52. The Labute approximate surface area is 129 Å². The summed E-state index contributed by atoms with van der Waals surface area (Å²) in [4.78, 5) is 0. The van der Waals surface area contributed by atoms with E-state index in [1.165, 1.54) is 31.2 Å². The minimum absolute atomic E-state index is 0.516. The van der Waals surface area contributed by atoms with Crippen LogP contribution < -0.4 is 14.8 Å². The molecule has 0 radical (unpaired) electrons. The largest absolute Gasteiger partial charge is 0.496 e. The van der Waals surface area contributed by atoms with Crippen LogP contribution in [0, 0.1) is 11.8 Å². The van der Waals surface area contributed by atoms with Gasteiger partial charge in [-0.15, -0.1) is 0 Å². The Morgan fingerprint density at radius 3 is 2.33 bits per heavy atom. The fourth-order valence-corrected chi connectivity index (χ4v) is 3.80. The molecule has 0 spiro atoms. The summed E-state index contributed by atoms with van der Waals surface area (Å²) in [6.07, 6.45) is 5.13. The van der Waals surface area contributed by atoms with Crippen LogP contribution in [-0.2, 0) is 0 Å². The summed E-state index contributed by atoms with van der Waals surface area (Å²) in [5.41, 5.74) is 1.26. The van der Waals surface area contributed by atoms with Crippen LogP contribution in [0.15, 0.2) is 18.2 Å². The molecule has 0 saturated heterocycles. The van der Waals surface area contributed by atoms with E-state index in [0.29, 0.717) is 11.8 Å².